The minimum Gasteiger partial charge on any atom is -0.381 e. The zero-order chi connectivity index (χ0) is 24.4. The Labute approximate surface area is 198 Å². The van der Waals surface area contributed by atoms with Crippen LogP contribution in [0.25, 0.3) is 0 Å². The Bertz CT molecular complexity index is 789. The third kappa shape index (κ3) is 9.99. The van der Waals surface area contributed by atoms with E-state index < -0.39 is 31.2 Å². The highest BCUT2D eigenvalue weighted by molar-refractivity contribution is 7.57. The summed E-state index contributed by atoms with van der Waals surface area (Å²) < 4.78 is 12.2. The van der Waals surface area contributed by atoms with Gasteiger partial charge in [0.1, 0.15) is 11.9 Å². The van der Waals surface area contributed by atoms with Crippen LogP contribution in [0.2, 0.25) is 0 Å². The van der Waals surface area contributed by atoms with Gasteiger partial charge in [-0.05, 0) is 36.7 Å². The van der Waals surface area contributed by atoms with Gasteiger partial charge in [0, 0.05) is 13.1 Å². The quantitative estimate of drug-likeness (QED) is 0.340. The third-order valence-corrected chi connectivity index (χ3v) is 7.67. The largest absolute Gasteiger partial charge is 0.381 e. The summed E-state index contributed by atoms with van der Waals surface area (Å²) in [5.41, 5.74) is 1.05. The molecule has 0 heterocycles. The lowest BCUT2D eigenvalue weighted by Gasteiger charge is -2.32. The van der Waals surface area contributed by atoms with E-state index in [2.05, 4.69) is 10.6 Å². The lowest BCUT2D eigenvalue weighted by atomic mass is 9.85. The van der Waals surface area contributed by atoms with Crippen LogP contribution >= 0.6 is 7.37 Å². The highest BCUT2D eigenvalue weighted by Crippen LogP contribution is 2.43. The van der Waals surface area contributed by atoms with Crippen LogP contribution in [-0.2, 0) is 20.6 Å². The van der Waals surface area contributed by atoms with Crippen LogP contribution < -0.4 is 10.6 Å². The van der Waals surface area contributed by atoms with Crippen LogP contribution in [0.3, 0.4) is 0 Å². The molecule has 4 N–H and O–H groups in total. The first-order valence-corrected chi connectivity index (χ1v) is 14.4. The van der Waals surface area contributed by atoms with Gasteiger partial charge in [-0.25, -0.2) is 0 Å². The monoisotopic (exact) mass is 480 g/mol. The second-order valence-corrected chi connectivity index (χ2v) is 12.4. The van der Waals surface area contributed by atoms with Gasteiger partial charge in [-0.15, -0.1) is 0 Å². The Morgan fingerprint density at radius 2 is 1.73 bits per heavy atom. The van der Waals surface area contributed by atoms with Gasteiger partial charge in [0.05, 0.1) is 6.04 Å². The van der Waals surface area contributed by atoms with Crippen molar-refractivity contribution in [1.29, 1.82) is 0 Å². The highest BCUT2D eigenvalue weighted by Gasteiger charge is 2.36. The molecule has 1 saturated carbocycles. The molecule has 0 radical (unpaired) electrons. The minimum absolute atomic E-state index is 0.159. The van der Waals surface area contributed by atoms with E-state index in [9.17, 15) is 24.2 Å². The summed E-state index contributed by atoms with van der Waals surface area (Å²) in [6, 6.07) is 8.11. The maximum absolute atomic E-state index is 13.2. The Kier molecular flexibility index (Phi) is 11.1. The number of rotatable bonds is 12. The Hall–Kier alpha value is -1.69. The smallest absolute Gasteiger partial charge is 0.242 e. The average Bonchev–Trinajstić information content (AvgIpc) is 2.76. The van der Waals surface area contributed by atoms with Crippen LogP contribution in [0, 0.1) is 11.8 Å². The Balaban J connectivity index is 2.04. The molecular weight excluding hydrogens is 439 g/mol. The van der Waals surface area contributed by atoms with Crippen LogP contribution in [0.5, 0.6) is 0 Å². The van der Waals surface area contributed by atoms with Gasteiger partial charge in [-0.2, -0.15) is 0 Å². The SMILES string of the molecule is CC(C)C[C@H](NC(=O)CCc1ccccc1)C(=O)N[C@@H](CC1CCCCC1)C(O)P(C)(=O)O. The number of carbonyl (C=O) groups excluding carboxylic acids is 2. The Morgan fingerprint density at radius 3 is 2.30 bits per heavy atom. The average molecular weight is 481 g/mol. The van der Waals surface area contributed by atoms with Gasteiger partial charge in [0.15, 0.2) is 0 Å². The van der Waals surface area contributed by atoms with Crippen molar-refractivity contribution in [2.45, 2.75) is 89.6 Å². The van der Waals surface area contributed by atoms with Crippen molar-refractivity contribution in [3.05, 3.63) is 35.9 Å². The maximum atomic E-state index is 13.2. The van der Waals surface area contributed by atoms with Crippen LogP contribution in [0.4, 0.5) is 0 Å². The van der Waals surface area contributed by atoms with Crippen molar-refractivity contribution < 1.29 is 24.2 Å². The first-order chi connectivity index (χ1) is 15.6. The number of aliphatic hydroxyl groups excluding tert-OH is 1. The molecule has 0 aliphatic heterocycles. The maximum Gasteiger partial charge on any atom is 0.242 e. The first-order valence-electron chi connectivity index (χ1n) is 12.2. The summed E-state index contributed by atoms with van der Waals surface area (Å²) in [5.74, 6) is -1.70. The molecule has 1 aliphatic rings. The van der Waals surface area contributed by atoms with E-state index in [1.165, 1.54) is 6.42 Å². The zero-order valence-corrected chi connectivity index (χ0v) is 21.1. The molecule has 7 nitrogen and oxygen atoms in total. The molecule has 2 rings (SSSR count). The summed E-state index contributed by atoms with van der Waals surface area (Å²) in [4.78, 5) is 35.7. The lowest BCUT2D eigenvalue weighted by Crippen LogP contribution is -2.53. The fraction of sp³-hybridized carbons (Fsp3) is 0.680. The molecule has 0 spiro atoms. The predicted molar refractivity (Wildman–Crippen MR) is 131 cm³/mol. The van der Waals surface area contributed by atoms with E-state index in [-0.39, 0.29) is 18.2 Å². The fourth-order valence-electron chi connectivity index (χ4n) is 4.53. The fourth-order valence-corrected chi connectivity index (χ4v) is 5.39. The van der Waals surface area contributed by atoms with Crippen molar-refractivity contribution in [1.82, 2.24) is 10.6 Å². The molecule has 1 aromatic carbocycles. The number of carbonyl (C=O) groups is 2. The molecule has 4 atom stereocenters. The van der Waals surface area contributed by atoms with Crippen molar-refractivity contribution in [3.8, 4) is 0 Å². The van der Waals surface area contributed by atoms with E-state index >= 15 is 0 Å². The molecule has 1 aliphatic carbocycles. The lowest BCUT2D eigenvalue weighted by molar-refractivity contribution is -0.130. The summed E-state index contributed by atoms with van der Waals surface area (Å²) in [5, 5.41) is 16.2. The van der Waals surface area contributed by atoms with E-state index in [0.717, 1.165) is 37.9 Å². The van der Waals surface area contributed by atoms with E-state index in [4.69, 9.17) is 0 Å². The van der Waals surface area contributed by atoms with Crippen LogP contribution in [-0.4, -0.2) is 46.4 Å². The number of benzene rings is 1. The molecule has 1 aromatic rings. The molecule has 0 aromatic heterocycles. The number of aryl methyl sites for hydroxylation is 1. The first kappa shape index (κ1) is 27.6. The molecule has 2 unspecified atom stereocenters. The van der Waals surface area contributed by atoms with Gasteiger partial charge >= 0.3 is 0 Å². The summed E-state index contributed by atoms with van der Waals surface area (Å²) >= 11 is 0. The summed E-state index contributed by atoms with van der Waals surface area (Å²) in [6.45, 7) is 5.06. The molecule has 8 heteroatoms. The Morgan fingerprint density at radius 1 is 1.09 bits per heavy atom. The second-order valence-electron chi connectivity index (χ2n) is 9.95. The summed E-state index contributed by atoms with van der Waals surface area (Å²) in [7, 11) is -3.81. The van der Waals surface area contributed by atoms with Gasteiger partial charge < -0.3 is 20.6 Å². The van der Waals surface area contributed by atoms with Gasteiger partial charge in [-0.3, -0.25) is 14.2 Å². The number of aliphatic hydroxyl groups is 1. The van der Waals surface area contributed by atoms with E-state index in [0.29, 0.717) is 25.2 Å². The number of hydrogen-bond donors (Lipinski definition) is 4. The van der Waals surface area contributed by atoms with Crippen molar-refractivity contribution >= 4 is 19.2 Å². The molecule has 186 valence electrons. The topological polar surface area (TPSA) is 116 Å². The normalized spacial score (nSPS) is 19.3. The minimum atomic E-state index is -3.81. The molecule has 1 fully saturated rings. The number of hydrogen-bond acceptors (Lipinski definition) is 4. The number of nitrogens with one attached hydrogen (secondary N) is 2. The highest BCUT2D eigenvalue weighted by atomic mass is 31.2. The van der Waals surface area contributed by atoms with Crippen molar-refractivity contribution in [3.63, 3.8) is 0 Å². The number of amides is 2. The molecule has 33 heavy (non-hydrogen) atoms. The molecule has 2 amide bonds. The van der Waals surface area contributed by atoms with Crippen LogP contribution in [0.1, 0.15) is 70.8 Å². The molecule has 0 bridgehead atoms. The van der Waals surface area contributed by atoms with Crippen LogP contribution in [0.15, 0.2) is 30.3 Å². The van der Waals surface area contributed by atoms with Crippen molar-refractivity contribution in [2.24, 2.45) is 11.8 Å². The molecule has 0 saturated heterocycles. The molecular formula is C25H41N2O5P. The van der Waals surface area contributed by atoms with E-state index in [1.807, 2.05) is 44.2 Å². The van der Waals surface area contributed by atoms with Gasteiger partial charge in [0.2, 0.25) is 19.2 Å². The van der Waals surface area contributed by atoms with E-state index in [1.54, 1.807) is 0 Å². The van der Waals surface area contributed by atoms with Gasteiger partial charge in [-0.1, -0.05) is 76.3 Å². The summed E-state index contributed by atoms with van der Waals surface area (Å²) in [6.07, 6.45) is 7.09. The van der Waals surface area contributed by atoms with Crippen molar-refractivity contribution in [2.75, 3.05) is 6.66 Å². The zero-order valence-electron chi connectivity index (χ0n) is 20.2. The van der Waals surface area contributed by atoms with Gasteiger partial charge in [0.25, 0.3) is 0 Å². The second kappa shape index (κ2) is 13.3. The third-order valence-electron chi connectivity index (χ3n) is 6.33. The predicted octanol–water partition coefficient (Wildman–Crippen LogP) is 3.82. The standard InChI is InChI=1S/C25H41N2O5P/c1-18(2)16-21(26-23(28)15-14-19-10-6-4-7-11-19)24(29)27-22(25(30)33(3,31)32)17-20-12-8-5-9-13-20/h4,6-7,10-11,18,20-22,25,30H,5,8-9,12-17H2,1-3H3,(H,26,28)(H,27,29)(H,31,32)/t21-,22-,25?/m0/s1.